The van der Waals surface area contributed by atoms with Crippen LogP contribution in [0.1, 0.15) is 60.1 Å². The Balaban J connectivity index is 1.22. The Morgan fingerprint density at radius 3 is 2.63 bits per heavy atom. The summed E-state index contributed by atoms with van der Waals surface area (Å²) < 4.78 is 0. The summed E-state index contributed by atoms with van der Waals surface area (Å²) in [5.74, 6) is -0.0425. The smallest absolute Gasteiger partial charge is 0.252 e. The van der Waals surface area contributed by atoms with Crippen molar-refractivity contribution in [2.24, 2.45) is 0 Å². The number of unbranched alkanes of at least 4 members (excludes halogenated alkanes) is 3. The average Bonchev–Trinajstić information content (AvgIpc) is 2.80. The largest absolute Gasteiger partial charge is 0.384 e. The van der Waals surface area contributed by atoms with E-state index in [1.165, 1.54) is 35.2 Å². The van der Waals surface area contributed by atoms with Gasteiger partial charge in [-0.05, 0) is 62.3 Å². The quantitative estimate of drug-likeness (QED) is 0.499. The van der Waals surface area contributed by atoms with Gasteiger partial charge in [0.25, 0.3) is 5.91 Å². The van der Waals surface area contributed by atoms with Gasteiger partial charge in [-0.3, -0.25) is 14.8 Å². The molecule has 3 aromatic rings. The number of pyridine rings is 2. The highest BCUT2D eigenvalue weighted by Gasteiger charge is 2.17. The van der Waals surface area contributed by atoms with Crippen molar-refractivity contribution in [1.29, 1.82) is 0 Å². The molecule has 0 saturated carbocycles. The first-order chi connectivity index (χ1) is 14.8. The first-order valence-corrected chi connectivity index (χ1v) is 11.2. The van der Waals surface area contributed by atoms with Crippen molar-refractivity contribution in [1.82, 2.24) is 15.3 Å². The van der Waals surface area contributed by atoms with Crippen LogP contribution in [0.4, 0.5) is 5.69 Å². The number of aromatic nitrogens is 2. The summed E-state index contributed by atoms with van der Waals surface area (Å²) >= 11 is 0. The number of carbonyl (C=O) groups is 1. The van der Waals surface area contributed by atoms with Gasteiger partial charge in [0.1, 0.15) is 0 Å². The van der Waals surface area contributed by atoms with Crippen molar-refractivity contribution < 1.29 is 4.79 Å². The number of benzene rings is 1. The van der Waals surface area contributed by atoms with Gasteiger partial charge in [0.2, 0.25) is 0 Å². The number of carbonyl (C=O) groups excluding carboxylic acids is 1. The second kappa shape index (κ2) is 10.2. The minimum Gasteiger partial charge on any atom is -0.384 e. The highest BCUT2D eigenvalue weighted by molar-refractivity contribution is 5.94. The number of nitrogens with one attached hydrogen (secondary N) is 2. The van der Waals surface area contributed by atoms with Crippen molar-refractivity contribution in [3.05, 3.63) is 65.6 Å². The Hall–Kier alpha value is -2.95. The van der Waals surface area contributed by atoms with Crippen molar-refractivity contribution in [3.8, 4) is 0 Å². The molecule has 0 radical (unpaired) electrons. The number of para-hydroxylation sites is 1. The monoisotopic (exact) mass is 402 g/mol. The molecule has 0 unspecified atom stereocenters. The Morgan fingerprint density at radius 1 is 0.933 bits per heavy atom. The lowest BCUT2D eigenvalue weighted by atomic mass is 9.92. The SMILES string of the molecule is O=C(NCCCCCCNc1c2c(nc3ccccc13)CCCC2)c1cccnc1. The van der Waals surface area contributed by atoms with E-state index in [0.29, 0.717) is 12.1 Å². The summed E-state index contributed by atoms with van der Waals surface area (Å²) in [5.41, 5.74) is 5.74. The lowest BCUT2D eigenvalue weighted by Crippen LogP contribution is -2.24. The summed E-state index contributed by atoms with van der Waals surface area (Å²) in [6, 6.07) is 12.0. The summed E-state index contributed by atoms with van der Waals surface area (Å²) in [5, 5.41) is 7.94. The molecule has 0 atom stereocenters. The van der Waals surface area contributed by atoms with Crippen LogP contribution in [0.2, 0.25) is 0 Å². The Kier molecular flexibility index (Phi) is 6.91. The van der Waals surface area contributed by atoms with E-state index < -0.39 is 0 Å². The van der Waals surface area contributed by atoms with E-state index in [1.54, 1.807) is 24.5 Å². The van der Waals surface area contributed by atoms with E-state index in [9.17, 15) is 4.79 Å². The van der Waals surface area contributed by atoms with Crippen LogP contribution < -0.4 is 10.6 Å². The molecule has 0 aliphatic heterocycles. The molecule has 5 nitrogen and oxygen atoms in total. The van der Waals surface area contributed by atoms with E-state index in [0.717, 1.165) is 50.6 Å². The maximum Gasteiger partial charge on any atom is 0.252 e. The van der Waals surface area contributed by atoms with Gasteiger partial charge >= 0.3 is 0 Å². The number of aryl methyl sites for hydroxylation is 1. The van der Waals surface area contributed by atoms with Crippen LogP contribution in [-0.2, 0) is 12.8 Å². The van der Waals surface area contributed by atoms with Crippen LogP contribution in [0.5, 0.6) is 0 Å². The normalized spacial score (nSPS) is 13.1. The first-order valence-electron chi connectivity index (χ1n) is 11.2. The van der Waals surface area contributed by atoms with Gasteiger partial charge in [-0.25, -0.2) is 0 Å². The predicted molar refractivity (Wildman–Crippen MR) is 122 cm³/mol. The minimum absolute atomic E-state index is 0.0425. The van der Waals surface area contributed by atoms with Gasteiger partial charge < -0.3 is 10.6 Å². The molecule has 0 bridgehead atoms. The molecule has 0 fully saturated rings. The number of anilines is 1. The fourth-order valence-electron chi connectivity index (χ4n) is 4.19. The van der Waals surface area contributed by atoms with Crippen LogP contribution in [0.3, 0.4) is 0 Å². The number of nitrogens with zero attached hydrogens (tertiary/aromatic N) is 2. The molecule has 0 spiro atoms. The van der Waals surface area contributed by atoms with E-state index >= 15 is 0 Å². The summed E-state index contributed by atoms with van der Waals surface area (Å²) in [6.45, 7) is 1.69. The van der Waals surface area contributed by atoms with Crippen LogP contribution in [0.15, 0.2) is 48.8 Å². The molecule has 2 heterocycles. The second-order valence-electron chi connectivity index (χ2n) is 7.97. The van der Waals surface area contributed by atoms with Gasteiger partial charge in [-0.1, -0.05) is 31.0 Å². The lowest BCUT2D eigenvalue weighted by molar-refractivity contribution is 0.0952. The van der Waals surface area contributed by atoms with Crippen molar-refractivity contribution in [3.63, 3.8) is 0 Å². The summed E-state index contributed by atoms with van der Waals surface area (Å²) in [6.07, 6.45) is 12.4. The fraction of sp³-hybridized carbons (Fsp3) is 0.400. The third kappa shape index (κ3) is 4.96. The maximum atomic E-state index is 12.0. The first kappa shape index (κ1) is 20.3. The van der Waals surface area contributed by atoms with E-state index in [1.807, 2.05) is 0 Å². The van der Waals surface area contributed by atoms with Crippen LogP contribution in [-0.4, -0.2) is 29.0 Å². The van der Waals surface area contributed by atoms with Crippen LogP contribution in [0, 0.1) is 0 Å². The fourth-order valence-corrected chi connectivity index (χ4v) is 4.19. The molecule has 2 aromatic heterocycles. The molecule has 1 aromatic carbocycles. The van der Waals surface area contributed by atoms with Crippen molar-refractivity contribution in [2.75, 3.05) is 18.4 Å². The zero-order chi connectivity index (χ0) is 20.6. The van der Waals surface area contributed by atoms with Crippen molar-refractivity contribution in [2.45, 2.75) is 51.4 Å². The Morgan fingerprint density at radius 2 is 1.77 bits per heavy atom. The molecule has 5 heteroatoms. The third-order valence-electron chi connectivity index (χ3n) is 5.78. The molecule has 1 amide bonds. The summed E-state index contributed by atoms with van der Waals surface area (Å²) in [4.78, 5) is 20.9. The summed E-state index contributed by atoms with van der Waals surface area (Å²) in [7, 11) is 0. The number of rotatable bonds is 9. The predicted octanol–water partition coefficient (Wildman–Crippen LogP) is 4.91. The van der Waals surface area contributed by atoms with Gasteiger partial charge in [0.15, 0.2) is 0 Å². The van der Waals surface area contributed by atoms with Gasteiger partial charge in [0.05, 0.1) is 11.1 Å². The van der Waals surface area contributed by atoms with E-state index in [2.05, 4.69) is 39.9 Å². The maximum absolute atomic E-state index is 12.0. The second-order valence-corrected chi connectivity index (χ2v) is 7.97. The van der Waals surface area contributed by atoms with Gasteiger partial charge in [0, 0.05) is 42.3 Å². The molecule has 30 heavy (non-hydrogen) atoms. The average molecular weight is 403 g/mol. The molecule has 2 N–H and O–H groups in total. The third-order valence-corrected chi connectivity index (χ3v) is 5.78. The number of amides is 1. The van der Waals surface area contributed by atoms with Crippen molar-refractivity contribution >= 4 is 22.5 Å². The standard InChI is InChI=1S/C25H30N4O/c30-25(19-10-9-15-26-18-19)28-17-8-2-1-7-16-27-24-20-11-3-5-13-22(20)29-23-14-6-4-12-21(23)24/h3,5,9-11,13,15,18H,1-2,4,6-8,12,14,16-17H2,(H,27,29)(H,28,30). The topological polar surface area (TPSA) is 66.9 Å². The Labute approximate surface area is 178 Å². The highest BCUT2D eigenvalue weighted by atomic mass is 16.1. The van der Waals surface area contributed by atoms with Crippen LogP contribution >= 0.6 is 0 Å². The van der Waals surface area contributed by atoms with Gasteiger partial charge in [-0.2, -0.15) is 0 Å². The zero-order valence-electron chi connectivity index (χ0n) is 17.5. The van der Waals surface area contributed by atoms with Gasteiger partial charge in [-0.15, -0.1) is 0 Å². The van der Waals surface area contributed by atoms with Crippen LogP contribution in [0.25, 0.3) is 10.9 Å². The Bertz CT molecular complexity index is 987. The molecule has 0 saturated heterocycles. The molecule has 1 aliphatic rings. The zero-order valence-corrected chi connectivity index (χ0v) is 17.5. The lowest BCUT2D eigenvalue weighted by Gasteiger charge is -2.21. The number of hydrogen-bond donors (Lipinski definition) is 2. The number of hydrogen-bond acceptors (Lipinski definition) is 4. The molecular weight excluding hydrogens is 372 g/mol. The molecule has 156 valence electrons. The molecular formula is C25H30N4O. The van der Waals surface area contributed by atoms with E-state index in [-0.39, 0.29) is 5.91 Å². The molecule has 1 aliphatic carbocycles. The minimum atomic E-state index is -0.0425. The number of fused-ring (bicyclic) bond motifs is 2. The highest BCUT2D eigenvalue weighted by Crippen LogP contribution is 2.33. The molecule has 4 rings (SSSR count). The van der Waals surface area contributed by atoms with E-state index in [4.69, 9.17) is 4.98 Å².